The lowest BCUT2D eigenvalue weighted by atomic mass is 10.4. The van der Waals surface area contributed by atoms with Gasteiger partial charge in [-0.15, -0.1) is 0 Å². The molecule has 0 saturated heterocycles. The molecule has 0 atom stereocenters. The van der Waals surface area contributed by atoms with Gasteiger partial charge in [-0.25, -0.2) is 4.99 Å². The van der Waals surface area contributed by atoms with Gasteiger partial charge >= 0.3 is 0 Å². The number of ether oxygens (including phenoxy) is 2. The third-order valence-electron chi connectivity index (χ3n) is 1.81. The van der Waals surface area contributed by atoms with Crippen LogP contribution < -0.4 is 0 Å². The Morgan fingerprint density at radius 1 is 1.15 bits per heavy atom. The minimum Gasteiger partial charge on any atom is -0.479 e. The van der Waals surface area contributed by atoms with E-state index in [0.717, 1.165) is 37.9 Å². The number of hydrogen-bond donors (Lipinski definition) is 0. The predicted molar refractivity (Wildman–Crippen MR) is 50.3 cm³/mol. The Morgan fingerprint density at radius 3 is 2.69 bits per heavy atom. The van der Waals surface area contributed by atoms with Crippen molar-refractivity contribution in [3.8, 4) is 0 Å². The van der Waals surface area contributed by atoms with Gasteiger partial charge < -0.3 is 9.47 Å². The molecule has 13 heavy (non-hydrogen) atoms. The van der Waals surface area contributed by atoms with Crippen LogP contribution in [0.25, 0.3) is 0 Å². The van der Waals surface area contributed by atoms with Crippen LogP contribution in [-0.2, 0) is 9.47 Å². The first-order valence-electron chi connectivity index (χ1n) is 4.45. The first-order valence-corrected chi connectivity index (χ1v) is 4.45. The third kappa shape index (κ3) is 2.31. The molecule has 2 aliphatic rings. The van der Waals surface area contributed by atoms with E-state index in [1.54, 1.807) is 0 Å². The fourth-order valence-electron chi connectivity index (χ4n) is 1.22. The second-order valence-corrected chi connectivity index (χ2v) is 2.80. The van der Waals surface area contributed by atoms with Crippen molar-refractivity contribution in [3.05, 3.63) is 12.2 Å². The van der Waals surface area contributed by atoms with Gasteiger partial charge in [0.25, 0.3) is 0 Å². The van der Waals surface area contributed by atoms with E-state index in [2.05, 4.69) is 9.98 Å². The molecule has 0 fully saturated rings. The molecule has 0 aromatic carbocycles. The van der Waals surface area contributed by atoms with Gasteiger partial charge in [0.2, 0.25) is 5.90 Å². The zero-order valence-electron chi connectivity index (χ0n) is 7.40. The molecule has 0 aliphatic carbocycles. The quantitative estimate of drug-likeness (QED) is 0.644. The molecule has 0 bridgehead atoms. The monoisotopic (exact) mass is 180 g/mol. The van der Waals surface area contributed by atoms with Gasteiger partial charge in [-0.1, -0.05) is 6.08 Å². The van der Waals surface area contributed by atoms with Crippen LogP contribution >= 0.6 is 0 Å². The minimum absolute atomic E-state index is 0.705. The largest absolute Gasteiger partial charge is 0.479 e. The Kier molecular flexibility index (Phi) is 2.59. The Balaban J connectivity index is 1.77. The molecule has 0 aromatic rings. The zero-order valence-corrected chi connectivity index (χ0v) is 7.40. The Hall–Kier alpha value is -1.32. The SMILES string of the molecule is C(=CC1=NCCO1)CC1=NCCO1. The topological polar surface area (TPSA) is 43.2 Å². The van der Waals surface area contributed by atoms with Crippen LogP contribution in [0.1, 0.15) is 6.42 Å². The lowest BCUT2D eigenvalue weighted by molar-refractivity contribution is 0.341. The van der Waals surface area contributed by atoms with E-state index in [-0.39, 0.29) is 0 Å². The molecule has 70 valence electrons. The highest BCUT2D eigenvalue weighted by atomic mass is 16.5. The first-order chi connectivity index (χ1) is 6.45. The molecule has 4 nitrogen and oxygen atoms in total. The average molecular weight is 180 g/mol. The number of nitrogens with zero attached hydrogens (tertiary/aromatic N) is 2. The molecule has 4 heteroatoms. The smallest absolute Gasteiger partial charge is 0.208 e. The second-order valence-electron chi connectivity index (χ2n) is 2.80. The molecular weight excluding hydrogens is 168 g/mol. The van der Waals surface area contributed by atoms with Gasteiger partial charge in [-0.05, 0) is 6.08 Å². The molecular formula is C9H12N2O2. The van der Waals surface area contributed by atoms with Crippen LogP contribution in [-0.4, -0.2) is 38.1 Å². The highest BCUT2D eigenvalue weighted by Crippen LogP contribution is 2.01. The summed E-state index contributed by atoms with van der Waals surface area (Å²) in [5, 5.41) is 0. The standard InChI is InChI=1S/C9H12N2O2/c1(2-8-10-4-6-12-8)3-9-11-5-7-13-9/h1-2H,3-7H2. The van der Waals surface area contributed by atoms with E-state index in [4.69, 9.17) is 9.47 Å². The number of rotatable bonds is 3. The first kappa shape index (κ1) is 8.29. The molecule has 0 unspecified atom stereocenters. The average Bonchev–Trinajstić information content (AvgIpc) is 2.75. The molecule has 0 amide bonds. The summed E-state index contributed by atoms with van der Waals surface area (Å²) in [6, 6.07) is 0. The summed E-state index contributed by atoms with van der Waals surface area (Å²) in [4.78, 5) is 8.29. The maximum atomic E-state index is 5.24. The van der Waals surface area contributed by atoms with E-state index in [9.17, 15) is 0 Å². The normalized spacial score (nSPS) is 21.2. The van der Waals surface area contributed by atoms with E-state index in [1.807, 2.05) is 12.2 Å². The van der Waals surface area contributed by atoms with Crippen molar-refractivity contribution in [3.63, 3.8) is 0 Å². The van der Waals surface area contributed by atoms with Crippen LogP contribution in [0.5, 0.6) is 0 Å². The summed E-state index contributed by atoms with van der Waals surface area (Å²) in [5.41, 5.74) is 0. The Morgan fingerprint density at radius 2 is 2.00 bits per heavy atom. The Labute approximate surface area is 77.0 Å². The van der Waals surface area contributed by atoms with Crippen LogP contribution in [0.15, 0.2) is 22.1 Å². The summed E-state index contributed by atoms with van der Waals surface area (Å²) in [5.74, 6) is 1.54. The lowest BCUT2D eigenvalue weighted by Gasteiger charge is -1.95. The minimum atomic E-state index is 0.705. The van der Waals surface area contributed by atoms with Crippen LogP contribution in [0, 0.1) is 0 Å². The maximum absolute atomic E-state index is 5.24. The van der Waals surface area contributed by atoms with Crippen molar-refractivity contribution in [2.24, 2.45) is 9.98 Å². The van der Waals surface area contributed by atoms with Crippen LogP contribution in [0.4, 0.5) is 0 Å². The van der Waals surface area contributed by atoms with Crippen molar-refractivity contribution >= 4 is 11.8 Å². The highest BCUT2D eigenvalue weighted by molar-refractivity contribution is 5.89. The number of aliphatic imine (C=N–C) groups is 2. The van der Waals surface area contributed by atoms with Crippen molar-refractivity contribution in [2.45, 2.75) is 6.42 Å². The van der Waals surface area contributed by atoms with Gasteiger partial charge in [-0.2, -0.15) is 0 Å². The zero-order chi connectivity index (χ0) is 8.93. The number of hydrogen-bond acceptors (Lipinski definition) is 4. The van der Waals surface area contributed by atoms with Crippen molar-refractivity contribution < 1.29 is 9.47 Å². The summed E-state index contributed by atoms with van der Waals surface area (Å²) >= 11 is 0. The fourth-order valence-corrected chi connectivity index (χ4v) is 1.22. The summed E-state index contributed by atoms with van der Waals surface area (Å²) in [6.45, 7) is 3.00. The molecule has 2 rings (SSSR count). The van der Waals surface area contributed by atoms with Gasteiger partial charge in [0.15, 0.2) is 5.90 Å². The van der Waals surface area contributed by atoms with Crippen LogP contribution in [0.3, 0.4) is 0 Å². The molecule has 0 N–H and O–H groups in total. The predicted octanol–water partition coefficient (Wildman–Crippen LogP) is 0.790. The molecule has 0 aromatic heterocycles. The molecule has 0 radical (unpaired) electrons. The molecule has 2 heterocycles. The fraction of sp³-hybridized carbons (Fsp3) is 0.556. The van der Waals surface area contributed by atoms with Crippen molar-refractivity contribution in [1.29, 1.82) is 0 Å². The Bertz CT molecular complexity index is 269. The lowest BCUT2D eigenvalue weighted by Crippen LogP contribution is -1.97. The second kappa shape index (κ2) is 4.07. The highest BCUT2D eigenvalue weighted by Gasteiger charge is 2.05. The van der Waals surface area contributed by atoms with Gasteiger partial charge in [0.1, 0.15) is 13.2 Å². The van der Waals surface area contributed by atoms with E-state index < -0.39 is 0 Å². The van der Waals surface area contributed by atoms with Crippen molar-refractivity contribution in [1.82, 2.24) is 0 Å². The van der Waals surface area contributed by atoms with Gasteiger partial charge in [0, 0.05) is 6.42 Å². The van der Waals surface area contributed by atoms with E-state index in [1.165, 1.54) is 0 Å². The van der Waals surface area contributed by atoms with Gasteiger partial charge in [-0.3, -0.25) is 4.99 Å². The van der Waals surface area contributed by atoms with Gasteiger partial charge in [0.05, 0.1) is 13.1 Å². The van der Waals surface area contributed by atoms with Crippen molar-refractivity contribution in [2.75, 3.05) is 26.3 Å². The maximum Gasteiger partial charge on any atom is 0.208 e. The molecule has 0 spiro atoms. The van der Waals surface area contributed by atoms with E-state index in [0.29, 0.717) is 6.61 Å². The molecule has 2 aliphatic heterocycles. The van der Waals surface area contributed by atoms with Crippen LogP contribution in [0.2, 0.25) is 0 Å². The summed E-state index contributed by atoms with van der Waals surface area (Å²) < 4.78 is 10.4. The summed E-state index contributed by atoms with van der Waals surface area (Å²) in [6.07, 6.45) is 4.58. The third-order valence-corrected chi connectivity index (χ3v) is 1.81. The summed E-state index contributed by atoms with van der Waals surface area (Å²) in [7, 11) is 0. The van der Waals surface area contributed by atoms with E-state index >= 15 is 0 Å². The molecule has 0 saturated carbocycles.